The van der Waals surface area contributed by atoms with E-state index in [4.69, 9.17) is 18.9 Å². The van der Waals surface area contributed by atoms with E-state index in [0.29, 0.717) is 19.3 Å². The zero-order valence-corrected chi connectivity index (χ0v) is 38.8. The lowest BCUT2D eigenvalue weighted by atomic mass is 10.00. The maximum Gasteiger partial charge on any atom is 0.306 e. The Kier molecular flexibility index (Phi) is 35.5. The number of ether oxygens (including phenoxy) is 4. The topological polar surface area (TPSA) is 186 Å². The van der Waals surface area contributed by atoms with Gasteiger partial charge in [0.2, 0.25) is 0 Å². The number of hydrogen-bond acceptors (Lipinski definition) is 11. The molecule has 0 aromatic carbocycles. The van der Waals surface area contributed by atoms with E-state index in [9.17, 15) is 37.9 Å². The number of rotatable bonds is 38. The van der Waals surface area contributed by atoms with Crippen LogP contribution in [-0.2, 0) is 38.7 Å². The molecule has 356 valence electrons. The summed E-state index contributed by atoms with van der Waals surface area (Å²) in [6, 6.07) is 0. The second-order valence-electron chi connectivity index (χ2n) is 16.0. The number of esters is 2. The molecule has 0 aromatic heterocycles. The van der Waals surface area contributed by atoms with Gasteiger partial charge in [-0.1, -0.05) is 177 Å². The molecule has 0 saturated carbocycles. The number of allylic oxidation sites excluding steroid dienone is 12. The Morgan fingerprint density at radius 1 is 0.565 bits per heavy atom. The van der Waals surface area contributed by atoms with Crippen LogP contribution < -0.4 is 0 Å². The first-order valence-electron chi connectivity index (χ1n) is 23.5. The van der Waals surface area contributed by atoms with Crippen LogP contribution in [-0.4, -0.2) is 96.0 Å². The van der Waals surface area contributed by atoms with Crippen LogP contribution in [0.15, 0.2) is 72.9 Å². The van der Waals surface area contributed by atoms with Crippen LogP contribution in [0.3, 0.4) is 0 Å². The predicted octanol–water partition coefficient (Wildman–Crippen LogP) is 9.89. The highest BCUT2D eigenvalue weighted by Crippen LogP contribution is 2.24. The van der Waals surface area contributed by atoms with E-state index in [1.807, 2.05) is 18.2 Å². The standard InChI is InChI=1S/C49H82O12S/c1-3-5-7-9-11-13-15-17-19-20-21-22-24-26-28-30-32-34-36-38-45(51)60-42(40-59-49-48(54)47(53)46(52)43(61-49)41-62(55,56)57)39-58-44(50)37-35-33-31-29-27-25-23-18-16-14-12-10-8-6-4-2/h5,7,11,13,17,19,21-22,26,28,32,34,42-43,46-49,52-54H,3-4,6,8-10,12,14-16,18,20,23-25,27,29-31,33,35-41H2,1-2H3,(H,55,56,57)/b7-5-,13-11-,19-17-,22-21-,28-26-,34-32-. The van der Waals surface area contributed by atoms with Gasteiger partial charge in [0.05, 0.1) is 6.61 Å². The zero-order valence-electron chi connectivity index (χ0n) is 37.9. The van der Waals surface area contributed by atoms with E-state index in [1.165, 1.54) is 70.6 Å². The van der Waals surface area contributed by atoms with Gasteiger partial charge in [-0.2, -0.15) is 8.42 Å². The Balaban J connectivity index is 2.49. The molecule has 13 heteroatoms. The fourth-order valence-electron chi connectivity index (χ4n) is 6.70. The smallest absolute Gasteiger partial charge is 0.306 e. The normalized spacial score (nSPS) is 20.5. The first-order chi connectivity index (χ1) is 30.0. The molecule has 0 bridgehead atoms. The summed E-state index contributed by atoms with van der Waals surface area (Å²) >= 11 is 0. The molecule has 4 N–H and O–H groups in total. The fraction of sp³-hybridized carbons (Fsp3) is 0.714. The van der Waals surface area contributed by atoms with Crippen LogP contribution in [0.25, 0.3) is 0 Å². The third-order valence-corrected chi connectivity index (χ3v) is 11.1. The SMILES string of the molecule is CC/C=C\C/C=C\C/C=C\C/C=C\C/C=C\C/C=C\CCC(=O)OC(COC(=O)CCCCCCCCCCCCCCCCC)COC1OC(CS(=O)(=O)O)C(O)C(O)C1O. The van der Waals surface area contributed by atoms with Gasteiger partial charge in [-0.15, -0.1) is 0 Å². The number of carbonyl (C=O) groups is 2. The van der Waals surface area contributed by atoms with Crippen LogP contribution in [0.2, 0.25) is 0 Å². The minimum absolute atomic E-state index is 0.0373. The summed E-state index contributed by atoms with van der Waals surface area (Å²) in [4.78, 5) is 25.4. The molecule has 0 amide bonds. The third-order valence-electron chi connectivity index (χ3n) is 10.3. The highest BCUT2D eigenvalue weighted by atomic mass is 32.2. The molecule has 1 aliphatic rings. The van der Waals surface area contributed by atoms with Crippen molar-refractivity contribution in [3.8, 4) is 0 Å². The predicted molar refractivity (Wildman–Crippen MR) is 247 cm³/mol. The second-order valence-corrected chi connectivity index (χ2v) is 17.5. The molecule has 6 atom stereocenters. The molecule has 0 radical (unpaired) electrons. The van der Waals surface area contributed by atoms with Crippen LogP contribution in [0.5, 0.6) is 0 Å². The molecular formula is C49H82O12S. The molecule has 0 aromatic rings. The Hall–Kier alpha value is -2.91. The van der Waals surface area contributed by atoms with Crippen molar-refractivity contribution in [2.24, 2.45) is 0 Å². The first-order valence-corrected chi connectivity index (χ1v) is 25.1. The first kappa shape index (κ1) is 57.1. The van der Waals surface area contributed by atoms with Crippen LogP contribution in [0, 0.1) is 0 Å². The summed E-state index contributed by atoms with van der Waals surface area (Å²) in [5.74, 6) is -2.09. The van der Waals surface area contributed by atoms with Crippen molar-refractivity contribution in [2.75, 3.05) is 19.0 Å². The minimum atomic E-state index is -4.61. The van der Waals surface area contributed by atoms with Gasteiger partial charge in [0.15, 0.2) is 12.4 Å². The number of unbranched alkanes of at least 4 members (excludes halogenated alkanes) is 14. The van der Waals surface area contributed by atoms with E-state index >= 15 is 0 Å². The van der Waals surface area contributed by atoms with Gasteiger partial charge in [-0.25, -0.2) is 0 Å². The molecular weight excluding hydrogens is 813 g/mol. The van der Waals surface area contributed by atoms with Gasteiger partial charge in [0.25, 0.3) is 10.1 Å². The third kappa shape index (κ3) is 32.7. The van der Waals surface area contributed by atoms with Crippen LogP contribution in [0.4, 0.5) is 0 Å². The van der Waals surface area contributed by atoms with Gasteiger partial charge in [-0.05, 0) is 51.4 Å². The Labute approximate surface area is 374 Å². The monoisotopic (exact) mass is 895 g/mol. The quantitative estimate of drug-likeness (QED) is 0.0199. The summed E-state index contributed by atoms with van der Waals surface area (Å²) in [6.45, 7) is 3.59. The van der Waals surface area contributed by atoms with Crippen molar-refractivity contribution < 1.29 is 56.8 Å². The van der Waals surface area contributed by atoms with E-state index in [1.54, 1.807) is 0 Å². The highest BCUT2D eigenvalue weighted by molar-refractivity contribution is 7.85. The maximum atomic E-state index is 12.8. The number of aliphatic hydroxyl groups excluding tert-OH is 3. The molecule has 1 fully saturated rings. The molecule has 12 nitrogen and oxygen atoms in total. The lowest BCUT2D eigenvalue weighted by Gasteiger charge is -2.40. The Bertz CT molecular complexity index is 1420. The number of carbonyl (C=O) groups excluding carboxylic acids is 2. The second kappa shape index (κ2) is 38.5. The van der Waals surface area contributed by atoms with E-state index in [0.717, 1.165) is 51.4 Å². The van der Waals surface area contributed by atoms with Crippen molar-refractivity contribution in [3.05, 3.63) is 72.9 Å². The molecule has 1 heterocycles. The van der Waals surface area contributed by atoms with E-state index < -0.39 is 71.2 Å². The van der Waals surface area contributed by atoms with Crippen molar-refractivity contribution >= 4 is 22.1 Å². The molecule has 1 saturated heterocycles. The summed E-state index contributed by atoms with van der Waals surface area (Å²) in [7, 11) is -4.61. The van der Waals surface area contributed by atoms with E-state index in [2.05, 4.69) is 68.5 Å². The van der Waals surface area contributed by atoms with Gasteiger partial charge in [0, 0.05) is 12.8 Å². The molecule has 1 rings (SSSR count). The van der Waals surface area contributed by atoms with Crippen molar-refractivity contribution in [1.29, 1.82) is 0 Å². The van der Waals surface area contributed by atoms with Crippen molar-refractivity contribution in [1.82, 2.24) is 0 Å². The summed E-state index contributed by atoms with van der Waals surface area (Å²) < 4.78 is 54.0. The maximum absolute atomic E-state index is 12.8. The largest absolute Gasteiger partial charge is 0.462 e. The lowest BCUT2D eigenvalue weighted by molar-refractivity contribution is -0.297. The van der Waals surface area contributed by atoms with Gasteiger partial charge in [0.1, 0.15) is 36.8 Å². The number of hydrogen-bond donors (Lipinski definition) is 4. The summed E-state index contributed by atoms with van der Waals surface area (Å²) in [6.07, 6.45) is 39.6. The van der Waals surface area contributed by atoms with Crippen molar-refractivity contribution in [3.63, 3.8) is 0 Å². The fourth-order valence-corrected chi connectivity index (χ4v) is 7.39. The lowest BCUT2D eigenvalue weighted by Crippen LogP contribution is -2.60. The summed E-state index contributed by atoms with van der Waals surface area (Å²) in [5.41, 5.74) is 0. The number of aliphatic hydroxyl groups is 3. The van der Waals surface area contributed by atoms with Gasteiger partial charge < -0.3 is 34.3 Å². The van der Waals surface area contributed by atoms with Crippen LogP contribution in [0.1, 0.15) is 168 Å². The molecule has 0 spiro atoms. The molecule has 62 heavy (non-hydrogen) atoms. The highest BCUT2D eigenvalue weighted by Gasteiger charge is 2.46. The molecule has 1 aliphatic heterocycles. The Morgan fingerprint density at radius 2 is 1.02 bits per heavy atom. The molecule has 6 unspecified atom stereocenters. The van der Waals surface area contributed by atoms with Crippen molar-refractivity contribution in [2.45, 2.75) is 205 Å². The average molecular weight is 895 g/mol. The summed E-state index contributed by atoms with van der Waals surface area (Å²) in [5, 5.41) is 30.9. The van der Waals surface area contributed by atoms with E-state index in [-0.39, 0.29) is 19.4 Å². The van der Waals surface area contributed by atoms with Gasteiger partial charge >= 0.3 is 11.9 Å². The zero-order chi connectivity index (χ0) is 45.5. The molecule has 0 aliphatic carbocycles. The average Bonchev–Trinajstić information content (AvgIpc) is 3.24. The van der Waals surface area contributed by atoms with Crippen LogP contribution >= 0.6 is 0 Å². The minimum Gasteiger partial charge on any atom is -0.462 e. The van der Waals surface area contributed by atoms with Gasteiger partial charge in [-0.3, -0.25) is 14.1 Å². The Morgan fingerprint density at radius 3 is 1.48 bits per heavy atom.